The number of halogens is 1. The highest BCUT2D eigenvalue weighted by atomic mass is 35.5. The lowest BCUT2D eigenvalue weighted by atomic mass is 10.1. The number of nitrogen functional groups attached to an aromatic ring is 1. The Morgan fingerprint density at radius 3 is 2.79 bits per heavy atom. The molecule has 1 saturated heterocycles. The highest BCUT2D eigenvalue weighted by Gasteiger charge is 2.23. The number of carbonyl (C=O) groups is 2. The minimum absolute atomic E-state index is 0.131. The molecule has 29 heavy (non-hydrogen) atoms. The molecule has 1 unspecified atom stereocenters. The van der Waals surface area contributed by atoms with Gasteiger partial charge in [-0.15, -0.1) is 0 Å². The molecule has 1 aromatic carbocycles. The van der Waals surface area contributed by atoms with Crippen LogP contribution in [0, 0.1) is 5.92 Å². The number of rotatable bonds is 10. The van der Waals surface area contributed by atoms with Gasteiger partial charge in [0.1, 0.15) is 5.75 Å². The van der Waals surface area contributed by atoms with Crippen molar-refractivity contribution in [3.63, 3.8) is 0 Å². The summed E-state index contributed by atoms with van der Waals surface area (Å²) in [5, 5.41) is 8.67. The fourth-order valence-corrected chi connectivity index (χ4v) is 3.62. The van der Waals surface area contributed by atoms with E-state index in [1.54, 1.807) is 19.2 Å². The van der Waals surface area contributed by atoms with E-state index in [0.717, 1.165) is 45.3 Å². The predicted molar refractivity (Wildman–Crippen MR) is 116 cm³/mol. The summed E-state index contributed by atoms with van der Waals surface area (Å²) < 4.78 is 5.25. The van der Waals surface area contributed by atoms with Crippen LogP contribution in [0.5, 0.6) is 5.75 Å². The van der Waals surface area contributed by atoms with Crippen LogP contribution in [0.25, 0.3) is 0 Å². The van der Waals surface area contributed by atoms with Gasteiger partial charge in [-0.2, -0.15) is 0 Å². The molecular weight excluding hydrogens is 394 g/mol. The molecule has 1 heterocycles. The zero-order valence-electron chi connectivity index (χ0n) is 17.2. The lowest BCUT2D eigenvalue weighted by molar-refractivity contribution is 0.0944. The maximum atomic E-state index is 12.5. The molecule has 0 aliphatic carbocycles. The van der Waals surface area contributed by atoms with Crippen molar-refractivity contribution < 1.29 is 14.3 Å². The number of unbranched alkanes of at least 4 members (excludes halogenated alkanes) is 2. The van der Waals surface area contributed by atoms with E-state index in [1.807, 2.05) is 0 Å². The monoisotopic (exact) mass is 425 g/mol. The number of nitrogens with zero attached hydrogens (tertiary/aromatic N) is 1. The van der Waals surface area contributed by atoms with Crippen LogP contribution < -0.4 is 26.4 Å². The number of urea groups is 1. The SMILES string of the molecule is CNC(=O)NCCCCCN1CCC(CNC(=O)c2cc(Cl)c(N)cc2OC)C1. The third-order valence-corrected chi connectivity index (χ3v) is 5.48. The number of nitrogens with two attached hydrogens (primary N) is 1. The average Bonchev–Trinajstić information content (AvgIpc) is 3.17. The van der Waals surface area contributed by atoms with Gasteiger partial charge < -0.3 is 31.3 Å². The van der Waals surface area contributed by atoms with Gasteiger partial charge in [-0.3, -0.25) is 4.79 Å². The number of ether oxygens (including phenoxy) is 1. The van der Waals surface area contributed by atoms with Gasteiger partial charge in [0.05, 0.1) is 23.4 Å². The van der Waals surface area contributed by atoms with Gasteiger partial charge in [0.15, 0.2) is 0 Å². The van der Waals surface area contributed by atoms with Gasteiger partial charge in [0.25, 0.3) is 5.91 Å². The van der Waals surface area contributed by atoms with E-state index in [2.05, 4.69) is 20.9 Å². The van der Waals surface area contributed by atoms with Crippen LogP contribution in [-0.4, -0.2) is 63.7 Å². The molecule has 0 bridgehead atoms. The Kier molecular flexibility index (Phi) is 9.34. The molecule has 1 aliphatic heterocycles. The molecule has 0 spiro atoms. The number of nitrogens with one attached hydrogen (secondary N) is 3. The average molecular weight is 426 g/mol. The van der Waals surface area contributed by atoms with Crippen LogP contribution in [0.3, 0.4) is 0 Å². The molecule has 1 aliphatic rings. The van der Waals surface area contributed by atoms with Gasteiger partial charge in [-0.1, -0.05) is 18.0 Å². The molecule has 1 fully saturated rings. The summed E-state index contributed by atoms with van der Waals surface area (Å²) in [6.07, 6.45) is 4.24. The van der Waals surface area contributed by atoms with Crippen molar-refractivity contribution in [1.82, 2.24) is 20.9 Å². The Morgan fingerprint density at radius 1 is 1.28 bits per heavy atom. The zero-order chi connectivity index (χ0) is 21.2. The van der Waals surface area contributed by atoms with Crippen LogP contribution in [0.1, 0.15) is 36.0 Å². The number of amides is 3. The molecular formula is C20H32ClN5O3. The fourth-order valence-electron chi connectivity index (χ4n) is 3.46. The second-order valence-corrected chi connectivity index (χ2v) is 7.71. The topological polar surface area (TPSA) is 109 Å². The first-order valence-corrected chi connectivity index (χ1v) is 10.4. The number of likely N-dealkylation sites (tertiary alicyclic amines) is 1. The second-order valence-electron chi connectivity index (χ2n) is 7.31. The van der Waals surface area contributed by atoms with Crippen molar-refractivity contribution in [3.05, 3.63) is 22.7 Å². The Labute approximate surface area is 177 Å². The molecule has 0 saturated carbocycles. The highest BCUT2D eigenvalue weighted by Crippen LogP contribution is 2.28. The number of benzene rings is 1. The first-order chi connectivity index (χ1) is 13.9. The summed E-state index contributed by atoms with van der Waals surface area (Å²) in [5.74, 6) is 0.651. The third-order valence-electron chi connectivity index (χ3n) is 5.15. The van der Waals surface area contributed by atoms with Gasteiger partial charge in [-0.05, 0) is 44.3 Å². The van der Waals surface area contributed by atoms with Gasteiger partial charge in [-0.25, -0.2) is 4.79 Å². The van der Waals surface area contributed by atoms with E-state index in [9.17, 15) is 9.59 Å². The van der Waals surface area contributed by atoms with E-state index in [1.165, 1.54) is 7.11 Å². The van der Waals surface area contributed by atoms with Crippen LogP contribution in [0.15, 0.2) is 12.1 Å². The molecule has 1 aromatic rings. The highest BCUT2D eigenvalue weighted by molar-refractivity contribution is 6.33. The molecule has 162 valence electrons. The van der Waals surface area contributed by atoms with Crippen LogP contribution >= 0.6 is 11.6 Å². The summed E-state index contributed by atoms with van der Waals surface area (Å²) in [4.78, 5) is 26.0. The number of carbonyl (C=O) groups excluding carboxylic acids is 2. The first kappa shape index (κ1) is 23.1. The summed E-state index contributed by atoms with van der Waals surface area (Å²) >= 11 is 6.05. The van der Waals surface area contributed by atoms with Crippen molar-refractivity contribution in [1.29, 1.82) is 0 Å². The Bertz CT molecular complexity index is 701. The largest absolute Gasteiger partial charge is 0.496 e. The van der Waals surface area contributed by atoms with Gasteiger partial charge >= 0.3 is 6.03 Å². The fraction of sp³-hybridized carbons (Fsp3) is 0.600. The third kappa shape index (κ3) is 7.29. The molecule has 1 atom stereocenters. The lowest BCUT2D eigenvalue weighted by Crippen LogP contribution is -2.33. The van der Waals surface area contributed by atoms with Crippen molar-refractivity contribution in [2.45, 2.75) is 25.7 Å². The van der Waals surface area contributed by atoms with Crippen molar-refractivity contribution in [3.8, 4) is 5.75 Å². The number of hydrogen-bond acceptors (Lipinski definition) is 5. The number of anilines is 1. The summed E-state index contributed by atoms with van der Waals surface area (Å²) in [6.45, 7) is 4.40. The maximum Gasteiger partial charge on any atom is 0.314 e. The molecule has 2 rings (SSSR count). The minimum atomic E-state index is -0.203. The van der Waals surface area contributed by atoms with E-state index in [0.29, 0.717) is 41.0 Å². The molecule has 0 radical (unpaired) electrons. The number of hydrogen-bond donors (Lipinski definition) is 4. The summed E-state index contributed by atoms with van der Waals surface area (Å²) in [7, 11) is 3.12. The van der Waals surface area contributed by atoms with Crippen LogP contribution in [-0.2, 0) is 0 Å². The predicted octanol–water partition coefficient (Wildman–Crippen LogP) is 2.08. The molecule has 3 amide bonds. The van der Waals surface area contributed by atoms with E-state index >= 15 is 0 Å². The van der Waals surface area contributed by atoms with E-state index in [-0.39, 0.29) is 11.9 Å². The van der Waals surface area contributed by atoms with Crippen molar-refractivity contribution >= 4 is 29.2 Å². The van der Waals surface area contributed by atoms with E-state index in [4.69, 9.17) is 22.1 Å². The molecule has 5 N–H and O–H groups in total. The van der Waals surface area contributed by atoms with Gasteiger partial charge in [0.2, 0.25) is 0 Å². The standard InChI is InChI=1S/C20H32ClN5O3/c1-23-20(28)24-7-4-3-5-8-26-9-6-14(13-26)12-25-19(27)15-10-16(21)17(22)11-18(15)29-2/h10-11,14H,3-9,12-13,22H2,1-2H3,(H,25,27)(H2,23,24,28). The normalized spacial score (nSPS) is 16.4. The smallest absolute Gasteiger partial charge is 0.314 e. The van der Waals surface area contributed by atoms with Crippen molar-refractivity contribution in [2.24, 2.45) is 5.92 Å². The van der Waals surface area contributed by atoms with E-state index < -0.39 is 0 Å². The Balaban J connectivity index is 1.67. The summed E-state index contributed by atoms with van der Waals surface area (Å²) in [5.41, 5.74) is 6.55. The zero-order valence-corrected chi connectivity index (χ0v) is 18.0. The Morgan fingerprint density at radius 2 is 2.07 bits per heavy atom. The lowest BCUT2D eigenvalue weighted by Gasteiger charge is -2.17. The van der Waals surface area contributed by atoms with Crippen LogP contribution in [0.2, 0.25) is 5.02 Å². The molecule has 0 aromatic heterocycles. The second kappa shape index (κ2) is 11.7. The minimum Gasteiger partial charge on any atom is -0.496 e. The molecule has 9 heteroatoms. The van der Waals surface area contributed by atoms with Gasteiger partial charge in [0, 0.05) is 32.7 Å². The summed E-state index contributed by atoms with van der Waals surface area (Å²) in [6, 6.07) is 2.98. The maximum absolute atomic E-state index is 12.5. The molecule has 8 nitrogen and oxygen atoms in total. The Hall–Kier alpha value is -2.19. The first-order valence-electron chi connectivity index (χ1n) is 10.0. The number of methoxy groups -OCH3 is 1. The van der Waals surface area contributed by atoms with Crippen molar-refractivity contribution in [2.75, 3.05) is 52.6 Å². The quantitative estimate of drug-likeness (QED) is 0.339. The van der Waals surface area contributed by atoms with Crippen LogP contribution in [0.4, 0.5) is 10.5 Å².